The fourth-order valence-corrected chi connectivity index (χ4v) is 4.08. The Morgan fingerprint density at radius 3 is 2.56 bits per heavy atom. The Morgan fingerprint density at radius 1 is 1.17 bits per heavy atom. The number of nitrogens with zero attached hydrogens (tertiary/aromatic N) is 4. The van der Waals surface area contributed by atoms with Crippen LogP contribution < -0.4 is 16.2 Å². The fraction of sp³-hybridized carbons (Fsp3) is 0.320. The Labute approximate surface area is 211 Å². The van der Waals surface area contributed by atoms with Crippen molar-refractivity contribution in [2.24, 2.45) is 0 Å². The van der Waals surface area contributed by atoms with E-state index < -0.39 is 11.8 Å². The van der Waals surface area contributed by atoms with Gasteiger partial charge in [-0.2, -0.15) is 0 Å². The largest absolute Gasteiger partial charge is 0.338 e. The Balaban J connectivity index is 1.70. The molecule has 2 N–H and O–H groups in total. The van der Waals surface area contributed by atoms with Gasteiger partial charge in [-0.05, 0) is 49.4 Å². The number of halogens is 1. The molecule has 9 nitrogen and oxygen atoms in total. The average molecular weight is 511 g/mol. The molecule has 0 aliphatic rings. The third kappa shape index (κ3) is 4.97. The van der Waals surface area contributed by atoms with Gasteiger partial charge in [-0.1, -0.05) is 37.7 Å². The monoisotopic (exact) mass is 510 g/mol. The molecular formula is C25H27FN6O3S. The van der Waals surface area contributed by atoms with Gasteiger partial charge in [0, 0.05) is 35.2 Å². The Kier molecular flexibility index (Phi) is 6.85. The number of benzene rings is 1. The van der Waals surface area contributed by atoms with Crippen molar-refractivity contribution < 1.29 is 13.7 Å². The molecule has 1 aromatic carbocycles. The molecule has 36 heavy (non-hydrogen) atoms. The van der Waals surface area contributed by atoms with Gasteiger partial charge in [-0.3, -0.25) is 14.7 Å². The molecule has 11 heteroatoms. The number of rotatable bonds is 5. The van der Waals surface area contributed by atoms with Crippen LogP contribution in [-0.4, -0.2) is 32.0 Å². The van der Waals surface area contributed by atoms with Crippen molar-refractivity contribution in [3.63, 3.8) is 0 Å². The minimum Gasteiger partial charge on any atom is -0.338 e. The third-order valence-electron chi connectivity index (χ3n) is 5.67. The summed E-state index contributed by atoms with van der Waals surface area (Å²) in [4.78, 5) is 34.8. The van der Waals surface area contributed by atoms with Crippen LogP contribution in [0.1, 0.15) is 39.0 Å². The van der Waals surface area contributed by atoms with E-state index in [1.165, 1.54) is 23.9 Å². The van der Waals surface area contributed by atoms with Gasteiger partial charge in [0.25, 0.3) is 5.56 Å². The summed E-state index contributed by atoms with van der Waals surface area (Å²) < 4.78 is 21.5. The highest BCUT2D eigenvalue weighted by Gasteiger charge is 2.21. The Hall–Kier alpha value is -3.73. The standard InChI is InChI=1S/C25H27FN6O3S/c1-7-32-21-14(12-27-24(30-21)36-6)9-16(22(32)33)15-10-18(17(26)8-13(15)2)28-23(34)29-20-11-19(31-35-20)25(3,4)5/h8-12H,7H2,1-6H3,(H2,28,29,34). The molecule has 0 radical (unpaired) electrons. The maximum absolute atomic E-state index is 14.8. The van der Waals surface area contributed by atoms with E-state index in [9.17, 15) is 14.0 Å². The zero-order valence-corrected chi connectivity index (χ0v) is 21.7. The second-order valence-electron chi connectivity index (χ2n) is 9.30. The van der Waals surface area contributed by atoms with Crippen LogP contribution in [0.4, 0.5) is 20.8 Å². The molecular weight excluding hydrogens is 483 g/mol. The van der Waals surface area contributed by atoms with E-state index in [1.54, 1.807) is 29.8 Å². The van der Waals surface area contributed by atoms with Gasteiger partial charge in [-0.25, -0.2) is 19.2 Å². The van der Waals surface area contributed by atoms with E-state index in [0.717, 1.165) is 0 Å². The topological polar surface area (TPSA) is 115 Å². The molecule has 0 fully saturated rings. The smallest absolute Gasteiger partial charge is 0.326 e. The van der Waals surface area contributed by atoms with E-state index in [-0.39, 0.29) is 22.5 Å². The maximum Gasteiger partial charge on any atom is 0.326 e. The number of carbonyl (C=O) groups excluding carboxylic acids is 1. The van der Waals surface area contributed by atoms with Gasteiger partial charge in [0.1, 0.15) is 11.5 Å². The lowest BCUT2D eigenvalue weighted by Crippen LogP contribution is -2.23. The van der Waals surface area contributed by atoms with Crippen LogP contribution in [0.5, 0.6) is 0 Å². The molecule has 3 aromatic heterocycles. The molecule has 0 saturated heterocycles. The zero-order chi connectivity index (χ0) is 26.2. The predicted molar refractivity (Wildman–Crippen MR) is 139 cm³/mol. The summed E-state index contributed by atoms with van der Waals surface area (Å²) in [5.41, 5.74) is 1.98. The summed E-state index contributed by atoms with van der Waals surface area (Å²) in [5, 5.41) is 10.2. The second-order valence-corrected chi connectivity index (χ2v) is 10.1. The first kappa shape index (κ1) is 25.4. The van der Waals surface area contributed by atoms with Crippen molar-refractivity contribution in [1.82, 2.24) is 19.7 Å². The summed E-state index contributed by atoms with van der Waals surface area (Å²) in [6, 6.07) is 5.34. The van der Waals surface area contributed by atoms with Gasteiger partial charge in [0.2, 0.25) is 5.88 Å². The zero-order valence-electron chi connectivity index (χ0n) is 20.9. The van der Waals surface area contributed by atoms with Crippen molar-refractivity contribution in [2.45, 2.75) is 51.7 Å². The highest BCUT2D eigenvalue weighted by atomic mass is 32.2. The fourth-order valence-electron chi connectivity index (χ4n) is 3.74. The molecule has 4 aromatic rings. The lowest BCUT2D eigenvalue weighted by Gasteiger charge is -2.14. The molecule has 0 atom stereocenters. The first-order valence-electron chi connectivity index (χ1n) is 11.3. The number of carbonyl (C=O) groups is 1. The van der Waals surface area contributed by atoms with Crippen LogP contribution in [0.3, 0.4) is 0 Å². The number of fused-ring (bicyclic) bond motifs is 1. The number of hydrogen-bond donors (Lipinski definition) is 2. The molecule has 0 aliphatic carbocycles. The van der Waals surface area contributed by atoms with Crippen molar-refractivity contribution >= 4 is 40.4 Å². The second kappa shape index (κ2) is 9.73. The molecule has 0 saturated carbocycles. The number of amides is 2. The normalized spacial score (nSPS) is 11.6. The molecule has 0 unspecified atom stereocenters. The first-order valence-corrected chi connectivity index (χ1v) is 12.5. The van der Waals surface area contributed by atoms with Gasteiger partial charge >= 0.3 is 6.03 Å². The predicted octanol–water partition coefficient (Wildman–Crippen LogP) is 5.58. The first-order chi connectivity index (χ1) is 17.0. The van der Waals surface area contributed by atoms with E-state index in [4.69, 9.17) is 4.52 Å². The summed E-state index contributed by atoms with van der Waals surface area (Å²) >= 11 is 1.39. The third-order valence-corrected chi connectivity index (χ3v) is 6.23. The number of hydrogen-bond acceptors (Lipinski definition) is 7. The average Bonchev–Trinajstić information content (AvgIpc) is 3.29. The summed E-state index contributed by atoms with van der Waals surface area (Å²) in [5.74, 6) is -0.501. The number of nitrogens with one attached hydrogen (secondary N) is 2. The van der Waals surface area contributed by atoms with Gasteiger partial charge < -0.3 is 9.84 Å². The van der Waals surface area contributed by atoms with Gasteiger partial charge in [0.15, 0.2) is 5.16 Å². The Morgan fingerprint density at radius 2 is 1.92 bits per heavy atom. The van der Waals surface area contributed by atoms with E-state index >= 15 is 0 Å². The number of aromatic nitrogens is 4. The molecule has 0 spiro atoms. The van der Waals surface area contributed by atoms with Crippen molar-refractivity contribution in [2.75, 3.05) is 16.9 Å². The molecule has 4 rings (SSSR count). The highest BCUT2D eigenvalue weighted by molar-refractivity contribution is 7.98. The van der Waals surface area contributed by atoms with Crippen LogP contribution in [-0.2, 0) is 12.0 Å². The summed E-state index contributed by atoms with van der Waals surface area (Å²) in [6.07, 6.45) is 3.53. The quantitative estimate of drug-likeness (QED) is 0.266. The molecule has 0 aliphatic heterocycles. The van der Waals surface area contributed by atoms with E-state index in [0.29, 0.717) is 45.1 Å². The van der Waals surface area contributed by atoms with Crippen LogP contribution in [0, 0.1) is 12.7 Å². The SMILES string of the molecule is CCn1c(=O)c(-c2cc(NC(=O)Nc3cc(C(C)(C)C)no3)c(F)cc2C)cc2cnc(SC)nc21. The lowest BCUT2D eigenvalue weighted by molar-refractivity contribution is 0.261. The van der Waals surface area contributed by atoms with Crippen LogP contribution in [0.25, 0.3) is 22.2 Å². The number of thioether (sulfide) groups is 1. The van der Waals surface area contributed by atoms with Crippen LogP contribution in [0.2, 0.25) is 0 Å². The van der Waals surface area contributed by atoms with Crippen molar-refractivity contribution in [3.8, 4) is 11.1 Å². The molecule has 0 bridgehead atoms. The number of urea groups is 1. The summed E-state index contributed by atoms with van der Waals surface area (Å²) in [7, 11) is 0. The minimum absolute atomic E-state index is 0.0832. The maximum atomic E-state index is 14.8. The van der Waals surface area contributed by atoms with Gasteiger partial charge in [0.05, 0.1) is 11.4 Å². The lowest BCUT2D eigenvalue weighted by atomic mass is 9.92. The minimum atomic E-state index is -0.706. The van der Waals surface area contributed by atoms with Crippen molar-refractivity contribution in [1.29, 1.82) is 0 Å². The van der Waals surface area contributed by atoms with Crippen LogP contribution >= 0.6 is 11.8 Å². The van der Waals surface area contributed by atoms with Crippen molar-refractivity contribution in [3.05, 3.63) is 57.9 Å². The van der Waals surface area contributed by atoms with Crippen LogP contribution in [0.15, 0.2) is 44.9 Å². The number of aryl methyl sites for hydroxylation is 2. The molecule has 3 heterocycles. The molecule has 2 amide bonds. The number of pyridine rings is 1. The van der Waals surface area contributed by atoms with E-state index in [2.05, 4.69) is 25.8 Å². The van der Waals surface area contributed by atoms with E-state index in [1.807, 2.05) is 34.0 Å². The summed E-state index contributed by atoms with van der Waals surface area (Å²) in [6.45, 7) is 9.85. The molecule has 188 valence electrons. The highest BCUT2D eigenvalue weighted by Crippen LogP contribution is 2.29. The number of anilines is 2. The Bertz CT molecular complexity index is 1520. The van der Waals surface area contributed by atoms with Gasteiger partial charge in [-0.15, -0.1) is 0 Å².